The maximum atomic E-state index is 11.9. The Morgan fingerprint density at radius 3 is 2.21 bits per heavy atom. The number of carbonyl (C=O) groups is 1. The highest BCUT2D eigenvalue weighted by Gasteiger charge is 2.26. The highest BCUT2D eigenvalue weighted by molar-refractivity contribution is 5.95. The van der Waals surface area contributed by atoms with Crippen molar-refractivity contribution in [3.05, 3.63) is 48.0 Å². The van der Waals surface area contributed by atoms with Gasteiger partial charge in [-0.3, -0.25) is 4.79 Å². The molecule has 150 valence electrons. The molecule has 1 fully saturated rings. The number of aliphatic hydroxyl groups is 2. The van der Waals surface area contributed by atoms with E-state index in [0.29, 0.717) is 12.0 Å². The second kappa shape index (κ2) is 8.67. The number of hydrogen-bond donors (Lipinski definition) is 3. The van der Waals surface area contributed by atoms with Crippen molar-refractivity contribution in [2.75, 3.05) is 16.8 Å². The van der Waals surface area contributed by atoms with Crippen LogP contribution in [0.25, 0.3) is 0 Å². The van der Waals surface area contributed by atoms with Crippen LogP contribution in [0.4, 0.5) is 11.4 Å². The first-order valence-electron chi connectivity index (χ1n) is 9.71. The monoisotopic (exact) mass is 384 g/mol. The first-order chi connectivity index (χ1) is 13.4. The van der Waals surface area contributed by atoms with Gasteiger partial charge in [0, 0.05) is 48.2 Å². The predicted molar refractivity (Wildman–Crippen MR) is 108 cm³/mol. The topological polar surface area (TPSA) is 98.6 Å². The Bertz CT molecular complexity index is 790. The predicted octanol–water partition coefficient (Wildman–Crippen LogP) is 2.62. The summed E-state index contributed by atoms with van der Waals surface area (Å²) >= 11 is 0. The van der Waals surface area contributed by atoms with Crippen molar-refractivity contribution in [2.45, 2.75) is 57.8 Å². The zero-order valence-electron chi connectivity index (χ0n) is 16.5. The Balaban J connectivity index is 1.80. The Kier molecular flexibility index (Phi) is 6.26. The molecule has 3 N–H and O–H groups in total. The minimum atomic E-state index is -1.03. The van der Waals surface area contributed by atoms with E-state index < -0.39 is 18.2 Å². The fourth-order valence-electron chi connectivity index (χ4n) is 3.29. The molecule has 1 aliphatic rings. The molecule has 1 amide bonds. The Labute approximate surface area is 165 Å². The average molecular weight is 384 g/mol. The number of rotatable bonds is 7. The van der Waals surface area contributed by atoms with Crippen molar-refractivity contribution in [2.24, 2.45) is 0 Å². The van der Waals surface area contributed by atoms with Crippen LogP contribution >= 0.6 is 0 Å². The van der Waals surface area contributed by atoms with Crippen molar-refractivity contribution in [1.82, 2.24) is 9.97 Å². The first kappa shape index (κ1) is 20.2. The lowest BCUT2D eigenvalue weighted by Crippen LogP contribution is -2.34. The summed E-state index contributed by atoms with van der Waals surface area (Å²) in [6.07, 6.45) is 2.88. The molecule has 0 radical (unpaired) electrons. The fraction of sp³-hybridized carbons (Fsp3) is 0.476. The zero-order chi connectivity index (χ0) is 20.3. The van der Waals surface area contributed by atoms with E-state index in [9.17, 15) is 15.0 Å². The highest BCUT2D eigenvalue weighted by Crippen LogP contribution is 2.27. The summed E-state index contributed by atoms with van der Waals surface area (Å²) in [6, 6.07) is 6.93. The van der Waals surface area contributed by atoms with E-state index in [1.54, 1.807) is 24.2 Å². The first-order valence-corrected chi connectivity index (χ1v) is 9.71. The Hall–Kier alpha value is -2.51. The molecule has 3 rings (SSSR count). The van der Waals surface area contributed by atoms with Gasteiger partial charge in [-0.25, -0.2) is 9.97 Å². The third-order valence-electron chi connectivity index (χ3n) is 4.98. The molecule has 2 heterocycles. The molecule has 3 atom stereocenters. The normalized spacial score (nSPS) is 17.6. The van der Waals surface area contributed by atoms with Crippen LogP contribution in [-0.4, -0.2) is 44.8 Å². The molecular formula is C21H28N4O3. The maximum Gasteiger partial charge on any atom is 0.227 e. The van der Waals surface area contributed by atoms with Crippen molar-refractivity contribution >= 4 is 17.3 Å². The van der Waals surface area contributed by atoms with E-state index in [0.717, 1.165) is 30.2 Å². The van der Waals surface area contributed by atoms with Gasteiger partial charge in [0.1, 0.15) is 11.9 Å². The standard InChI is InChI=1S/C21H28N4O3/c1-13(2)21-22-11-15(12-23-21)19(20(28)14(3)26)24-16-6-8-17(9-7-16)25-10-4-5-18(25)27/h6-9,11-14,19-20,24,26,28H,4-5,10H2,1-3H3/t14-,19+,20+/m0/s1. The van der Waals surface area contributed by atoms with Gasteiger partial charge in [0.25, 0.3) is 0 Å². The molecule has 1 saturated heterocycles. The fourth-order valence-corrected chi connectivity index (χ4v) is 3.29. The summed E-state index contributed by atoms with van der Waals surface area (Å²) in [6.45, 7) is 6.32. The van der Waals surface area contributed by atoms with E-state index in [2.05, 4.69) is 15.3 Å². The van der Waals surface area contributed by atoms with E-state index in [-0.39, 0.29) is 11.8 Å². The van der Waals surface area contributed by atoms with E-state index in [1.165, 1.54) is 0 Å². The third-order valence-corrected chi connectivity index (χ3v) is 4.98. The molecule has 0 unspecified atom stereocenters. The molecule has 0 bridgehead atoms. The summed E-state index contributed by atoms with van der Waals surface area (Å²) in [7, 11) is 0. The quantitative estimate of drug-likeness (QED) is 0.679. The number of amides is 1. The highest BCUT2D eigenvalue weighted by atomic mass is 16.3. The van der Waals surface area contributed by atoms with Crippen molar-refractivity contribution < 1.29 is 15.0 Å². The number of aromatic nitrogens is 2. The molecule has 0 aliphatic carbocycles. The summed E-state index contributed by atoms with van der Waals surface area (Å²) in [5, 5.41) is 23.7. The molecular weight excluding hydrogens is 356 g/mol. The van der Waals surface area contributed by atoms with Crippen molar-refractivity contribution in [3.8, 4) is 0 Å². The van der Waals surface area contributed by atoms with Crippen LogP contribution in [0.1, 0.15) is 57.0 Å². The van der Waals surface area contributed by atoms with Gasteiger partial charge in [0.05, 0.1) is 12.1 Å². The molecule has 0 spiro atoms. The van der Waals surface area contributed by atoms with Gasteiger partial charge in [-0.1, -0.05) is 13.8 Å². The molecule has 28 heavy (non-hydrogen) atoms. The number of nitrogens with one attached hydrogen (secondary N) is 1. The summed E-state index contributed by atoms with van der Waals surface area (Å²) < 4.78 is 0. The van der Waals surface area contributed by atoms with Crippen LogP contribution in [-0.2, 0) is 4.79 Å². The molecule has 1 aliphatic heterocycles. The molecule has 7 heteroatoms. The maximum absolute atomic E-state index is 11.9. The lowest BCUT2D eigenvalue weighted by molar-refractivity contribution is -0.117. The third kappa shape index (κ3) is 4.48. The van der Waals surface area contributed by atoms with Gasteiger partial charge < -0.3 is 20.4 Å². The number of carbonyl (C=O) groups excluding carboxylic acids is 1. The second-order valence-electron chi connectivity index (χ2n) is 7.58. The van der Waals surface area contributed by atoms with Gasteiger partial charge >= 0.3 is 0 Å². The van der Waals surface area contributed by atoms with Crippen LogP contribution in [0.15, 0.2) is 36.7 Å². The van der Waals surface area contributed by atoms with Gasteiger partial charge in [-0.05, 0) is 37.6 Å². The molecule has 7 nitrogen and oxygen atoms in total. The van der Waals surface area contributed by atoms with Crippen LogP contribution in [0, 0.1) is 0 Å². The van der Waals surface area contributed by atoms with Crippen molar-refractivity contribution in [3.63, 3.8) is 0 Å². The Morgan fingerprint density at radius 2 is 1.71 bits per heavy atom. The Morgan fingerprint density at radius 1 is 1.07 bits per heavy atom. The number of nitrogens with zero attached hydrogens (tertiary/aromatic N) is 3. The number of hydrogen-bond acceptors (Lipinski definition) is 6. The van der Waals surface area contributed by atoms with Crippen LogP contribution in [0.2, 0.25) is 0 Å². The van der Waals surface area contributed by atoms with Crippen LogP contribution in [0.3, 0.4) is 0 Å². The SMILES string of the molecule is CC(C)c1ncc([C@@H](Nc2ccc(N3CCCC3=O)cc2)[C@H](O)[C@H](C)O)cn1. The smallest absolute Gasteiger partial charge is 0.227 e. The van der Waals surface area contributed by atoms with Gasteiger partial charge in [-0.15, -0.1) is 0 Å². The number of benzene rings is 1. The van der Waals surface area contributed by atoms with Crippen LogP contribution in [0.5, 0.6) is 0 Å². The zero-order valence-corrected chi connectivity index (χ0v) is 16.5. The van der Waals surface area contributed by atoms with Gasteiger partial charge in [0.2, 0.25) is 5.91 Å². The minimum absolute atomic E-state index is 0.144. The lowest BCUT2D eigenvalue weighted by Gasteiger charge is -2.27. The summed E-state index contributed by atoms with van der Waals surface area (Å²) in [4.78, 5) is 22.4. The van der Waals surface area contributed by atoms with E-state index >= 15 is 0 Å². The molecule has 1 aromatic carbocycles. The van der Waals surface area contributed by atoms with Crippen molar-refractivity contribution in [1.29, 1.82) is 0 Å². The second-order valence-corrected chi connectivity index (χ2v) is 7.58. The molecule has 1 aromatic heterocycles. The van der Waals surface area contributed by atoms with E-state index in [4.69, 9.17) is 0 Å². The lowest BCUT2D eigenvalue weighted by atomic mass is 10.00. The number of aliphatic hydroxyl groups excluding tert-OH is 2. The number of anilines is 2. The van der Waals surface area contributed by atoms with E-state index in [1.807, 2.05) is 38.1 Å². The summed E-state index contributed by atoms with van der Waals surface area (Å²) in [5.74, 6) is 1.09. The van der Waals surface area contributed by atoms with Gasteiger partial charge in [-0.2, -0.15) is 0 Å². The average Bonchev–Trinajstić information content (AvgIpc) is 3.12. The molecule has 2 aromatic rings. The minimum Gasteiger partial charge on any atom is -0.391 e. The largest absolute Gasteiger partial charge is 0.391 e. The van der Waals surface area contributed by atoms with Gasteiger partial charge in [0.15, 0.2) is 0 Å². The molecule has 0 saturated carbocycles. The summed E-state index contributed by atoms with van der Waals surface area (Å²) in [5.41, 5.74) is 2.33. The van der Waals surface area contributed by atoms with Crippen LogP contribution < -0.4 is 10.2 Å².